The zero-order chi connectivity index (χ0) is 17.8. The number of aromatic nitrogens is 3. The van der Waals surface area contributed by atoms with E-state index in [0.717, 1.165) is 42.2 Å². The Balaban J connectivity index is 1.63. The van der Waals surface area contributed by atoms with Gasteiger partial charge in [0.1, 0.15) is 12.1 Å². The third kappa shape index (κ3) is 3.65. The summed E-state index contributed by atoms with van der Waals surface area (Å²) in [4.78, 5) is 13.2. The first kappa shape index (κ1) is 16.8. The fraction of sp³-hybridized carbons (Fsp3) is 0.250. The summed E-state index contributed by atoms with van der Waals surface area (Å²) in [5.74, 6) is 3.04. The molecule has 4 rings (SSSR count). The Morgan fingerprint density at radius 2 is 2.08 bits per heavy atom. The summed E-state index contributed by atoms with van der Waals surface area (Å²) >= 11 is 1.80. The van der Waals surface area contributed by atoms with Gasteiger partial charge in [-0.3, -0.25) is 0 Å². The quantitative estimate of drug-likeness (QED) is 0.721. The maximum absolute atomic E-state index is 5.89. The minimum absolute atomic E-state index is 0.532. The highest BCUT2D eigenvalue weighted by atomic mass is 32.2. The number of thioether (sulfide) groups is 1. The third-order valence-corrected chi connectivity index (χ3v) is 4.86. The van der Waals surface area contributed by atoms with E-state index in [-0.39, 0.29) is 0 Å². The van der Waals surface area contributed by atoms with Gasteiger partial charge in [0, 0.05) is 11.4 Å². The van der Waals surface area contributed by atoms with Crippen molar-refractivity contribution in [2.75, 3.05) is 18.2 Å². The lowest BCUT2D eigenvalue weighted by Gasteiger charge is -2.19. The van der Waals surface area contributed by atoms with Gasteiger partial charge in [0.25, 0.3) is 0 Å². The van der Waals surface area contributed by atoms with E-state index in [4.69, 9.17) is 4.74 Å². The zero-order valence-corrected chi connectivity index (χ0v) is 15.4. The SMILES string of the molecule is CSCc1cccc(Nc2ncnc(-c3cccc4c3OCCC4)n2)c1. The van der Waals surface area contributed by atoms with Crippen molar-refractivity contribution in [2.45, 2.75) is 18.6 Å². The van der Waals surface area contributed by atoms with E-state index in [2.05, 4.69) is 44.7 Å². The summed E-state index contributed by atoms with van der Waals surface area (Å²) in [6.45, 7) is 0.739. The number of ether oxygens (including phenoxy) is 1. The molecule has 3 aromatic rings. The van der Waals surface area contributed by atoms with Crippen LogP contribution in [0.3, 0.4) is 0 Å². The third-order valence-electron chi connectivity index (χ3n) is 4.24. The predicted molar refractivity (Wildman–Crippen MR) is 106 cm³/mol. The predicted octanol–water partition coefficient (Wildman–Crippen LogP) is 4.47. The van der Waals surface area contributed by atoms with E-state index in [1.165, 1.54) is 11.1 Å². The van der Waals surface area contributed by atoms with Gasteiger partial charge < -0.3 is 10.1 Å². The number of hydrogen-bond donors (Lipinski definition) is 1. The molecule has 1 aliphatic rings. The first-order valence-electron chi connectivity index (χ1n) is 8.62. The minimum atomic E-state index is 0.532. The van der Waals surface area contributed by atoms with Gasteiger partial charge in [-0.25, -0.2) is 9.97 Å². The van der Waals surface area contributed by atoms with Gasteiger partial charge in [0.2, 0.25) is 5.95 Å². The number of aryl methyl sites for hydroxylation is 1. The van der Waals surface area contributed by atoms with Crippen molar-refractivity contribution in [2.24, 2.45) is 0 Å². The topological polar surface area (TPSA) is 59.9 Å². The normalized spacial score (nSPS) is 13.0. The second-order valence-corrected chi connectivity index (χ2v) is 7.00. The molecule has 132 valence electrons. The van der Waals surface area contributed by atoms with E-state index in [0.29, 0.717) is 11.8 Å². The Bertz CT molecular complexity index is 916. The average Bonchev–Trinajstić information content (AvgIpc) is 2.68. The van der Waals surface area contributed by atoms with E-state index >= 15 is 0 Å². The molecule has 2 aromatic carbocycles. The molecular formula is C20H20N4OS. The Morgan fingerprint density at radius 1 is 1.15 bits per heavy atom. The van der Waals surface area contributed by atoms with Crippen LogP contribution in [-0.4, -0.2) is 27.8 Å². The maximum Gasteiger partial charge on any atom is 0.230 e. The first-order chi connectivity index (χ1) is 12.8. The van der Waals surface area contributed by atoms with E-state index in [1.807, 2.05) is 24.3 Å². The maximum atomic E-state index is 5.89. The Morgan fingerprint density at radius 3 is 3.00 bits per heavy atom. The molecule has 0 unspecified atom stereocenters. The highest BCUT2D eigenvalue weighted by Gasteiger charge is 2.17. The van der Waals surface area contributed by atoms with Gasteiger partial charge in [-0.2, -0.15) is 16.7 Å². The van der Waals surface area contributed by atoms with Gasteiger partial charge in [-0.15, -0.1) is 0 Å². The molecule has 0 amide bonds. The molecule has 1 N–H and O–H groups in total. The molecular weight excluding hydrogens is 344 g/mol. The van der Waals surface area contributed by atoms with Crippen molar-refractivity contribution in [3.05, 3.63) is 59.9 Å². The van der Waals surface area contributed by atoms with Crippen LogP contribution >= 0.6 is 11.8 Å². The number of para-hydroxylation sites is 1. The van der Waals surface area contributed by atoms with Crippen molar-refractivity contribution in [1.29, 1.82) is 0 Å². The van der Waals surface area contributed by atoms with Crippen molar-refractivity contribution < 1.29 is 4.74 Å². The van der Waals surface area contributed by atoms with Gasteiger partial charge in [-0.1, -0.05) is 24.3 Å². The zero-order valence-electron chi connectivity index (χ0n) is 14.6. The number of benzene rings is 2. The van der Waals surface area contributed by atoms with Crippen LogP contribution in [0.5, 0.6) is 5.75 Å². The van der Waals surface area contributed by atoms with Crippen LogP contribution < -0.4 is 10.1 Å². The molecule has 0 atom stereocenters. The number of rotatable bonds is 5. The lowest BCUT2D eigenvalue weighted by molar-refractivity contribution is 0.289. The molecule has 6 heteroatoms. The van der Waals surface area contributed by atoms with Crippen LogP contribution in [0.15, 0.2) is 48.8 Å². The highest BCUT2D eigenvalue weighted by Crippen LogP contribution is 2.34. The van der Waals surface area contributed by atoms with E-state index in [9.17, 15) is 0 Å². The molecule has 1 aromatic heterocycles. The molecule has 26 heavy (non-hydrogen) atoms. The summed E-state index contributed by atoms with van der Waals surface area (Å²) in [5.41, 5.74) is 4.37. The van der Waals surface area contributed by atoms with Gasteiger partial charge in [-0.05, 0) is 48.4 Å². The van der Waals surface area contributed by atoms with Crippen molar-refractivity contribution in [3.63, 3.8) is 0 Å². The first-order valence-corrected chi connectivity index (χ1v) is 10.0. The van der Waals surface area contributed by atoms with Gasteiger partial charge in [0.05, 0.1) is 12.2 Å². The standard InChI is InChI=1S/C20H20N4OS/c1-26-12-14-5-2-8-16(11-14)23-20-22-13-21-19(24-20)17-9-3-6-15-7-4-10-25-18(15)17/h2-3,5-6,8-9,11,13H,4,7,10,12H2,1H3,(H,21,22,23,24). The number of nitrogens with one attached hydrogen (secondary N) is 1. The van der Waals surface area contributed by atoms with Crippen LogP contribution in [0.1, 0.15) is 17.5 Å². The Labute approximate surface area is 157 Å². The van der Waals surface area contributed by atoms with E-state index in [1.54, 1.807) is 18.1 Å². The molecule has 0 aliphatic carbocycles. The van der Waals surface area contributed by atoms with Crippen LogP contribution in [0.2, 0.25) is 0 Å². The lowest BCUT2D eigenvalue weighted by Crippen LogP contribution is -2.10. The number of hydrogen-bond acceptors (Lipinski definition) is 6. The van der Waals surface area contributed by atoms with Crippen molar-refractivity contribution in [3.8, 4) is 17.1 Å². The van der Waals surface area contributed by atoms with Crippen molar-refractivity contribution >= 4 is 23.4 Å². The smallest absolute Gasteiger partial charge is 0.230 e. The fourth-order valence-corrected chi connectivity index (χ4v) is 3.60. The molecule has 1 aliphatic heterocycles. The lowest BCUT2D eigenvalue weighted by atomic mass is 10.0. The number of anilines is 2. The van der Waals surface area contributed by atoms with Gasteiger partial charge >= 0.3 is 0 Å². The summed E-state index contributed by atoms with van der Waals surface area (Å²) in [6, 6.07) is 14.4. The Kier molecular flexibility index (Phi) is 5.02. The molecule has 0 saturated carbocycles. The monoisotopic (exact) mass is 364 g/mol. The minimum Gasteiger partial charge on any atom is -0.493 e. The summed E-state index contributed by atoms with van der Waals surface area (Å²) in [7, 11) is 0. The van der Waals surface area contributed by atoms with Gasteiger partial charge in [0.15, 0.2) is 5.82 Å². The summed E-state index contributed by atoms with van der Waals surface area (Å²) in [6.07, 6.45) is 5.72. The average molecular weight is 364 g/mol. The molecule has 0 bridgehead atoms. The molecule has 0 spiro atoms. The summed E-state index contributed by atoms with van der Waals surface area (Å²) in [5, 5.41) is 3.28. The molecule has 5 nitrogen and oxygen atoms in total. The summed E-state index contributed by atoms with van der Waals surface area (Å²) < 4.78 is 5.89. The molecule has 0 saturated heterocycles. The highest BCUT2D eigenvalue weighted by molar-refractivity contribution is 7.97. The fourth-order valence-electron chi connectivity index (χ4n) is 3.09. The molecule has 2 heterocycles. The van der Waals surface area contributed by atoms with E-state index < -0.39 is 0 Å². The number of fused-ring (bicyclic) bond motifs is 1. The molecule has 0 fully saturated rings. The van der Waals surface area contributed by atoms with Crippen LogP contribution in [0.25, 0.3) is 11.4 Å². The Hall–Kier alpha value is -2.60. The van der Waals surface area contributed by atoms with Crippen molar-refractivity contribution in [1.82, 2.24) is 15.0 Å². The number of nitrogens with zero attached hydrogens (tertiary/aromatic N) is 3. The second-order valence-electron chi connectivity index (χ2n) is 6.14. The van der Waals surface area contributed by atoms with Crippen LogP contribution in [0.4, 0.5) is 11.6 Å². The second kappa shape index (κ2) is 7.74. The largest absolute Gasteiger partial charge is 0.493 e. The van der Waals surface area contributed by atoms with Crippen LogP contribution in [0, 0.1) is 0 Å². The molecule has 0 radical (unpaired) electrons. The van der Waals surface area contributed by atoms with Crippen LogP contribution in [-0.2, 0) is 12.2 Å².